The van der Waals surface area contributed by atoms with E-state index in [4.69, 9.17) is 42.6 Å². The van der Waals surface area contributed by atoms with Crippen molar-refractivity contribution < 1.29 is 19.1 Å². The van der Waals surface area contributed by atoms with E-state index < -0.39 is 0 Å². The Balaban J connectivity index is 1.20. The molecule has 2 aromatic heterocycles. The van der Waals surface area contributed by atoms with Crippen molar-refractivity contribution in [3.63, 3.8) is 0 Å². The van der Waals surface area contributed by atoms with Crippen LogP contribution in [0, 0.1) is 11.8 Å². The number of methoxy groups -OCH3 is 2. The van der Waals surface area contributed by atoms with E-state index >= 15 is 0 Å². The molecule has 4 N–H and O–H groups in total. The van der Waals surface area contributed by atoms with Crippen molar-refractivity contribution in [3.05, 3.63) is 70.2 Å². The first-order valence-electron chi connectivity index (χ1n) is 15.7. The Morgan fingerprint density at radius 2 is 1.12 bits per heavy atom. The van der Waals surface area contributed by atoms with Crippen LogP contribution in [-0.4, -0.2) is 72.1 Å². The smallest absolute Gasteiger partial charge is 0.237 e. The molecule has 2 amide bonds. The van der Waals surface area contributed by atoms with Crippen LogP contribution in [0.15, 0.2) is 48.8 Å². The van der Waals surface area contributed by atoms with E-state index in [9.17, 15) is 9.59 Å². The van der Waals surface area contributed by atoms with Gasteiger partial charge < -0.3 is 30.7 Å². The van der Waals surface area contributed by atoms with Gasteiger partial charge in [-0.3, -0.25) is 19.6 Å². The SMILES string of the molecule is COc1nc(-c2cccc(-c3cccc(-c4cnc(CNC[C@H]5CNC(=O)C5)c(OC)n4)c3Cl)c2Cl)cnc1CNCC1CNC(=O)C1. The minimum Gasteiger partial charge on any atom is -0.480 e. The van der Waals surface area contributed by atoms with Crippen LogP contribution in [0.4, 0.5) is 0 Å². The molecule has 0 bridgehead atoms. The third-order valence-electron chi connectivity index (χ3n) is 8.42. The summed E-state index contributed by atoms with van der Waals surface area (Å²) in [4.78, 5) is 41.6. The largest absolute Gasteiger partial charge is 0.480 e. The highest BCUT2D eigenvalue weighted by Crippen LogP contribution is 2.42. The molecule has 2 fully saturated rings. The lowest BCUT2D eigenvalue weighted by Crippen LogP contribution is -2.24. The lowest BCUT2D eigenvalue weighted by atomic mass is 9.98. The molecule has 12 nitrogen and oxygen atoms in total. The van der Waals surface area contributed by atoms with Crippen LogP contribution in [0.1, 0.15) is 24.2 Å². The molecule has 0 saturated carbocycles. The van der Waals surface area contributed by atoms with Crippen molar-refractivity contribution in [3.8, 4) is 45.4 Å². The van der Waals surface area contributed by atoms with Crippen molar-refractivity contribution in [2.24, 2.45) is 11.8 Å². The van der Waals surface area contributed by atoms with Gasteiger partial charge in [0.1, 0.15) is 11.4 Å². The van der Waals surface area contributed by atoms with Gasteiger partial charge in [0.2, 0.25) is 23.6 Å². The second-order valence-electron chi connectivity index (χ2n) is 11.8. The molecule has 2 aliphatic heterocycles. The van der Waals surface area contributed by atoms with Gasteiger partial charge in [0.05, 0.1) is 48.0 Å². The molecule has 4 aromatic rings. The van der Waals surface area contributed by atoms with Gasteiger partial charge in [-0.1, -0.05) is 59.6 Å². The minimum atomic E-state index is 0.0800. The first-order valence-corrected chi connectivity index (χ1v) is 16.4. The van der Waals surface area contributed by atoms with Crippen molar-refractivity contribution in [2.75, 3.05) is 40.4 Å². The number of benzene rings is 2. The number of halogens is 2. The Kier molecular flexibility index (Phi) is 10.7. The fourth-order valence-corrected chi connectivity index (χ4v) is 6.56. The van der Waals surface area contributed by atoms with Crippen LogP contribution < -0.4 is 30.7 Å². The Bertz CT molecular complexity index is 1690. The standard InChI is InChI=1S/C34H36Cl2N8O4/c1-47-33-27(15-37-11-19-9-29(45)41-13-19)39-17-25(43-33)23-7-3-5-21(31(23)35)22-6-4-8-24(32(22)36)26-18-40-28(34(44-26)48-2)16-38-12-20-10-30(46)42-14-20/h3-8,17-20,37-38H,9-16H2,1-2H3,(H,41,45)(H,42,46)/t19-,20?/m0/s1. The van der Waals surface area contributed by atoms with E-state index in [-0.39, 0.29) is 23.7 Å². The number of hydrogen-bond donors (Lipinski definition) is 4. The summed E-state index contributed by atoms with van der Waals surface area (Å²) in [7, 11) is 3.11. The third-order valence-corrected chi connectivity index (χ3v) is 9.24. The molecule has 2 aromatic carbocycles. The van der Waals surface area contributed by atoms with Crippen LogP contribution in [0.2, 0.25) is 10.0 Å². The number of aromatic nitrogens is 4. The van der Waals surface area contributed by atoms with E-state index in [0.717, 1.165) is 0 Å². The lowest BCUT2D eigenvalue weighted by molar-refractivity contribution is -0.120. The number of carbonyl (C=O) groups excluding carboxylic acids is 2. The second kappa shape index (κ2) is 15.2. The average molecular weight is 692 g/mol. The summed E-state index contributed by atoms with van der Waals surface area (Å²) in [5.74, 6) is 1.43. The summed E-state index contributed by atoms with van der Waals surface area (Å²) < 4.78 is 11.2. The molecule has 6 rings (SSSR count). The molecule has 0 spiro atoms. The first kappa shape index (κ1) is 33.5. The second-order valence-corrected chi connectivity index (χ2v) is 12.5. The predicted molar refractivity (Wildman–Crippen MR) is 183 cm³/mol. The maximum Gasteiger partial charge on any atom is 0.237 e. The lowest BCUT2D eigenvalue weighted by Gasteiger charge is -2.15. The van der Waals surface area contributed by atoms with Crippen LogP contribution in [0.5, 0.6) is 11.8 Å². The van der Waals surface area contributed by atoms with E-state index in [0.29, 0.717) is 119 Å². The van der Waals surface area contributed by atoms with Gasteiger partial charge in [-0.15, -0.1) is 0 Å². The van der Waals surface area contributed by atoms with Crippen molar-refractivity contribution in [1.29, 1.82) is 0 Å². The number of ether oxygens (including phenoxy) is 2. The molecule has 2 saturated heterocycles. The van der Waals surface area contributed by atoms with E-state index in [1.54, 1.807) is 26.6 Å². The van der Waals surface area contributed by atoms with Gasteiger partial charge in [0, 0.05) is 74.4 Å². The maximum absolute atomic E-state index is 11.5. The zero-order valence-electron chi connectivity index (χ0n) is 26.6. The summed E-state index contributed by atoms with van der Waals surface area (Å²) in [5.41, 5.74) is 5.19. The molecule has 0 radical (unpaired) electrons. The highest BCUT2D eigenvalue weighted by Gasteiger charge is 2.23. The molecule has 48 heavy (non-hydrogen) atoms. The van der Waals surface area contributed by atoms with Crippen molar-refractivity contribution in [2.45, 2.75) is 25.9 Å². The molecule has 1 unspecified atom stereocenters. The minimum absolute atomic E-state index is 0.0800. The van der Waals surface area contributed by atoms with Crippen LogP contribution in [-0.2, 0) is 22.7 Å². The molecular formula is C34H36Cl2N8O4. The number of rotatable bonds is 13. The number of carbonyl (C=O) groups is 2. The van der Waals surface area contributed by atoms with E-state index in [1.165, 1.54) is 0 Å². The number of nitrogens with one attached hydrogen (secondary N) is 4. The fourth-order valence-electron chi connectivity index (χ4n) is 5.91. The quantitative estimate of drug-likeness (QED) is 0.162. The van der Waals surface area contributed by atoms with Crippen molar-refractivity contribution >= 4 is 35.0 Å². The third kappa shape index (κ3) is 7.52. The summed E-state index contributed by atoms with van der Waals surface area (Å²) in [6, 6.07) is 11.3. The van der Waals surface area contributed by atoms with Crippen LogP contribution in [0.3, 0.4) is 0 Å². The molecule has 250 valence electrons. The predicted octanol–water partition coefficient (Wildman–Crippen LogP) is 4.04. The fraction of sp³-hybridized carbons (Fsp3) is 0.353. The van der Waals surface area contributed by atoms with Crippen LogP contribution >= 0.6 is 23.2 Å². The molecule has 2 atom stereocenters. The summed E-state index contributed by atoms with van der Waals surface area (Å²) in [5, 5.41) is 13.3. The topological polar surface area (TPSA) is 152 Å². The highest BCUT2D eigenvalue weighted by atomic mass is 35.5. The summed E-state index contributed by atoms with van der Waals surface area (Å²) >= 11 is 14.1. The van der Waals surface area contributed by atoms with Gasteiger partial charge >= 0.3 is 0 Å². The van der Waals surface area contributed by atoms with E-state index in [2.05, 4.69) is 31.2 Å². The Morgan fingerprint density at radius 3 is 1.50 bits per heavy atom. The number of nitrogens with zero attached hydrogens (tertiary/aromatic N) is 4. The molecule has 0 aliphatic carbocycles. The molecule has 14 heteroatoms. The van der Waals surface area contributed by atoms with Gasteiger partial charge in [-0.05, 0) is 11.8 Å². The zero-order valence-corrected chi connectivity index (χ0v) is 28.1. The maximum atomic E-state index is 11.5. The average Bonchev–Trinajstić information content (AvgIpc) is 3.72. The highest BCUT2D eigenvalue weighted by molar-refractivity contribution is 6.39. The van der Waals surface area contributed by atoms with Crippen molar-refractivity contribution in [1.82, 2.24) is 41.2 Å². The normalized spacial score (nSPS) is 17.3. The number of amides is 2. The van der Waals surface area contributed by atoms with Gasteiger partial charge in [0.15, 0.2) is 0 Å². The molecule has 4 heterocycles. The Morgan fingerprint density at radius 1 is 0.708 bits per heavy atom. The molecule has 2 aliphatic rings. The Labute approximate surface area is 288 Å². The first-order chi connectivity index (χ1) is 23.3. The van der Waals surface area contributed by atoms with Gasteiger partial charge in [-0.25, -0.2) is 9.97 Å². The van der Waals surface area contributed by atoms with Crippen LogP contribution in [0.25, 0.3) is 33.6 Å². The zero-order chi connectivity index (χ0) is 33.6. The summed E-state index contributed by atoms with van der Waals surface area (Å²) in [6.45, 7) is 3.60. The monoisotopic (exact) mass is 690 g/mol. The number of hydrogen-bond acceptors (Lipinski definition) is 10. The molecular weight excluding hydrogens is 655 g/mol. The summed E-state index contributed by atoms with van der Waals surface area (Å²) in [6.07, 6.45) is 4.38. The van der Waals surface area contributed by atoms with Gasteiger partial charge in [0.25, 0.3) is 0 Å². The van der Waals surface area contributed by atoms with Gasteiger partial charge in [-0.2, -0.15) is 0 Å². The van der Waals surface area contributed by atoms with E-state index in [1.807, 2.05) is 36.4 Å². The Hall–Kier alpha value is -4.36.